The second-order valence-corrected chi connectivity index (χ2v) is 6.28. The fourth-order valence-electron chi connectivity index (χ4n) is 2.65. The van der Waals surface area contributed by atoms with Gasteiger partial charge in [0, 0.05) is 31.6 Å². The second kappa shape index (κ2) is 6.97. The van der Waals surface area contributed by atoms with Gasteiger partial charge in [0.25, 0.3) is 0 Å². The third-order valence-corrected chi connectivity index (χ3v) is 4.07. The van der Waals surface area contributed by atoms with E-state index < -0.39 is 0 Å². The van der Waals surface area contributed by atoms with Gasteiger partial charge in [0.05, 0.1) is 18.0 Å². The molecule has 0 unspecified atom stereocenters. The van der Waals surface area contributed by atoms with Crippen molar-refractivity contribution in [1.82, 2.24) is 0 Å². The van der Waals surface area contributed by atoms with Crippen LogP contribution in [0.3, 0.4) is 0 Å². The maximum atomic E-state index is 12.2. The number of fused-ring (bicyclic) bond motifs is 1. The molecule has 1 heterocycles. The van der Waals surface area contributed by atoms with Crippen molar-refractivity contribution in [3.05, 3.63) is 58.6 Å². The molecule has 0 saturated carbocycles. The van der Waals surface area contributed by atoms with Crippen LogP contribution in [0.15, 0.2) is 42.5 Å². The summed E-state index contributed by atoms with van der Waals surface area (Å²) in [6, 6.07) is 11.4. The molecule has 1 amide bonds. The van der Waals surface area contributed by atoms with Crippen molar-refractivity contribution in [2.24, 2.45) is 0 Å². The Balaban J connectivity index is 1.73. The largest absolute Gasteiger partial charge is 0.493 e. The summed E-state index contributed by atoms with van der Waals surface area (Å²) in [5.41, 5.74) is 3.75. The third kappa shape index (κ3) is 3.71. The quantitative estimate of drug-likeness (QED) is 0.854. The Labute approximate surface area is 146 Å². The number of rotatable bonds is 4. The summed E-state index contributed by atoms with van der Waals surface area (Å²) in [6.45, 7) is 0.727. The standard InChI is InChI=1S/C19H19ClN2O2/c1-22(2)17-6-5-15(20)12-16(17)21-19(23)8-4-13-3-7-18-14(11-13)9-10-24-18/h3-8,11-12H,9-10H2,1-2H3,(H,21,23)/b8-4+. The molecule has 2 aromatic rings. The fraction of sp³-hybridized carbons (Fsp3) is 0.211. The molecular formula is C19H19ClN2O2. The first-order valence-corrected chi connectivity index (χ1v) is 8.12. The highest BCUT2D eigenvalue weighted by molar-refractivity contribution is 6.31. The van der Waals surface area contributed by atoms with Crippen LogP contribution in [0.25, 0.3) is 6.08 Å². The molecule has 5 heteroatoms. The number of carbonyl (C=O) groups is 1. The van der Waals surface area contributed by atoms with Crippen LogP contribution in [-0.2, 0) is 11.2 Å². The predicted octanol–water partition coefficient (Wildman–Crippen LogP) is 3.99. The molecule has 124 valence electrons. The van der Waals surface area contributed by atoms with E-state index in [0.29, 0.717) is 10.7 Å². The van der Waals surface area contributed by atoms with Crippen molar-refractivity contribution in [1.29, 1.82) is 0 Å². The van der Waals surface area contributed by atoms with Crippen molar-refractivity contribution in [3.8, 4) is 5.75 Å². The highest BCUT2D eigenvalue weighted by Crippen LogP contribution is 2.28. The number of nitrogens with zero attached hydrogens (tertiary/aromatic N) is 1. The summed E-state index contributed by atoms with van der Waals surface area (Å²) in [5.74, 6) is 0.739. The van der Waals surface area contributed by atoms with Gasteiger partial charge >= 0.3 is 0 Å². The Morgan fingerprint density at radius 2 is 2.08 bits per heavy atom. The van der Waals surface area contributed by atoms with Crippen LogP contribution >= 0.6 is 11.6 Å². The van der Waals surface area contributed by atoms with Crippen LogP contribution in [0.5, 0.6) is 5.75 Å². The third-order valence-electron chi connectivity index (χ3n) is 3.84. The van der Waals surface area contributed by atoms with E-state index in [9.17, 15) is 4.79 Å². The number of nitrogens with one attached hydrogen (secondary N) is 1. The Hall–Kier alpha value is -2.46. The normalized spacial score (nSPS) is 12.8. The molecular weight excluding hydrogens is 324 g/mol. The number of hydrogen-bond donors (Lipinski definition) is 1. The molecule has 2 aromatic carbocycles. The minimum atomic E-state index is -0.197. The molecule has 0 atom stereocenters. The highest BCUT2D eigenvalue weighted by Gasteiger charge is 2.11. The van der Waals surface area contributed by atoms with E-state index in [1.807, 2.05) is 37.2 Å². The van der Waals surface area contributed by atoms with Crippen LogP contribution in [0.4, 0.5) is 11.4 Å². The Morgan fingerprint density at radius 3 is 2.88 bits per heavy atom. The second-order valence-electron chi connectivity index (χ2n) is 5.84. The summed E-state index contributed by atoms with van der Waals surface area (Å²) in [4.78, 5) is 14.1. The molecule has 3 rings (SSSR count). The summed E-state index contributed by atoms with van der Waals surface area (Å²) < 4.78 is 5.48. The van der Waals surface area contributed by atoms with Gasteiger partial charge < -0.3 is 15.0 Å². The van der Waals surface area contributed by atoms with E-state index in [0.717, 1.165) is 30.0 Å². The van der Waals surface area contributed by atoms with Crippen molar-refractivity contribution in [2.45, 2.75) is 6.42 Å². The van der Waals surface area contributed by atoms with Crippen LogP contribution in [0.2, 0.25) is 5.02 Å². The lowest BCUT2D eigenvalue weighted by Gasteiger charge is -2.17. The van der Waals surface area contributed by atoms with Gasteiger partial charge in [-0.1, -0.05) is 17.7 Å². The number of carbonyl (C=O) groups excluding carboxylic acids is 1. The molecule has 1 aliphatic heterocycles. The molecule has 1 aliphatic rings. The molecule has 0 radical (unpaired) electrons. The first-order valence-electron chi connectivity index (χ1n) is 7.74. The Kier molecular flexibility index (Phi) is 4.76. The molecule has 0 saturated heterocycles. The van der Waals surface area contributed by atoms with Crippen LogP contribution in [0, 0.1) is 0 Å². The minimum absolute atomic E-state index is 0.197. The summed E-state index contributed by atoms with van der Waals surface area (Å²) >= 11 is 6.03. The zero-order chi connectivity index (χ0) is 17.1. The monoisotopic (exact) mass is 342 g/mol. The molecule has 24 heavy (non-hydrogen) atoms. The molecule has 0 aliphatic carbocycles. The molecule has 0 bridgehead atoms. The minimum Gasteiger partial charge on any atom is -0.493 e. The van der Waals surface area contributed by atoms with E-state index in [-0.39, 0.29) is 5.91 Å². The van der Waals surface area contributed by atoms with Gasteiger partial charge in [0.1, 0.15) is 5.75 Å². The van der Waals surface area contributed by atoms with Crippen LogP contribution < -0.4 is 15.0 Å². The maximum Gasteiger partial charge on any atom is 0.248 e. The lowest BCUT2D eigenvalue weighted by Crippen LogP contribution is -2.15. The van der Waals surface area contributed by atoms with Gasteiger partial charge in [0.2, 0.25) is 5.91 Å². The first-order chi connectivity index (χ1) is 11.5. The molecule has 0 fully saturated rings. The summed E-state index contributed by atoms with van der Waals surface area (Å²) in [6.07, 6.45) is 4.24. The lowest BCUT2D eigenvalue weighted by molar-refractivity contribution is -0.111. The smallest absolute Gasteiger partial charge is 0.248 e. The van der Waals surface area contributed by atoms with Crippen LogP contribution in [0.1, 0.15) is 11.1 Å². The van der Waals surface area contributed by atoms with Gasteiger partial charge in [-0.15, -0.1) is 0 Å². The number of amides is 1. The average Bonchev–Trinajstić information content (AvgIpc) is 3.00. The van der Waals surface area contributed by atoms with E-state index >= 15 is 0 Å². The zero-order valence-electron chi connectivity index (χ0n) is 13.7. The average molecular weight is 343 g/mol. The summed E-state index contributed by atoms with van der Waals surface area (Å²) in [5, 5.41) is 3.46. The SMILES string of the molecule is CN(C)c1ccc(Cl)cc1NC(=O)/C=C/c1ccc2c(c1)CCO2. The van der Waals surface area contributed by atoms with Gasteiger partial charge in [-0.3, -0.25) is 4.79 Å². The Morgan fingerprint density at radius 1 is 1.25 bits per heavy atom. The molecule has 1 N–H and O–H groups in total. The highest BCUT2D eigenvalue weighted by atomic mass is 35.5. The summed E-state index contributed by atoms with van der Waals surface area (Å²) in [7, 11) is 3.84. The van der Waals surface area contributed by atoms with Gasteiger partial charge in [0.15, 0.2) is 0 Å². The number of anilines is 2. The molecule has 4 nitrogen and oxygen atoms in total. The van der Waals surface area contributed by atoms with E-state index in [1.54, 1.807) is 18.2 Å². The lowest BCUT2D eigenvalue weighted by atomic mass is 10.1. The molecule has 0 aromatic heterocycles. The van der Waals surface area contributed by atoms with Crippen molar-refractivity contribution < 1.29 is 9.53 Å². The number of halogens is 1. The number of benzene rings is 2. The zero-order valence-corrected chi connectivity index (χ0v) is 14.4. The van der Waals surface area contributed by atoms with E-state index in [2.05, 4.69) is 11.4 Å². The number of ether oxygens (including phenoxy) is 1. The number of hydrogen-bond acceptors (Lipinski definition) is 3. The van der Waals surface area contributed by atoms with Crippen molar-refractivity contribution >= 4 is 35.0 Å². The van der Waals surface area contributed by atoms with Crippen molar-refractivity contribution in [2.75, 3.05) is 30.9 Å². The predicted molar refractivity (Wildman–Crippen MR) is 99.1 cm³/mol. The van der Waals surface area contributed by atoms with Crippen LogP contribution in [-0.4, -0.2) is 26.6 Å². The van der Waals surface area contributed by atoms with Gasteiger partial charge in [-0.05, 0) is 47.5 Å². The fourth-order valence-corrected chi connectivity index (χ4v) is 2.83. The van der Waals surface area contributed by atoms with E-state index in [4.69, 9.17) is 16.3 Å². The Bertz CT molecular complexity index is 800. The topological polar surface area (TPSA) is 41.6 Å². The van der Waals surface area contributed by atoms with Crippen molar-refractivity contribution in [3.63, 3.8) is 0 Å². The van der Waals surface area contributed by atoms with Gasteiger partial charge in [-0.25, -0.2) is 0 Å². The van der Waals surface area contributed by atoms with Gasteiger partial charge in [-0.2, -0.15) is 0 Å². The maximum absolute atomic E-state index is 12.2. The first kappa shape index (κ1) is 16.4. The molecule has 0 spiro atoms. The van der Waals surface area contributed by atoms with E-state index in [1.165, 1.54) is 11.6 Å².